The van der Waals surface area contributed by atoms with Crippen molar-refractivity contribution < 1.29 is 9.18 Å². The number of nitrogens with one attached hydrogen (secondary N) is 1. The molecule has 1 atom stereocenters. The Morgan fingerprint density at radius 3 is 2.83 bits per heavy atom. The molecule has 1 amide bonds. The molecule has 3 nitrogen and oxygen atoms in total. The smallest absolute Gasteiger partial charge is 0.256 e. The highest BCUT2D eigenvalue weighted by atomic mass is 35.5. The SMILES string of the molecule is CNC1CCN(C(=O)c2ccc(Cl)cc2F)C1.Cl. The van der Waals surface area contributed by atoms with Gasteiger partial charge in [0.15, 0.2) is 0 Å². The summed E-state index contributed by atoms with van der Waals surface area (Å²) in [5, 5.41) is 3.41. The second-order valence-electron chi connectivity index (χ2n) is 4.15. The third-order valence-corrected chi connectivity index (χ3v) is 3.28. The topological polar surface area (TPSA) is 32.3 Å². The van der Waals surface area contributed by atoms with Gasteiger partial charge in [0.05, 0.1) is 5.56 Å². The first kappa shape index (κ1) is 15.2. The molecule has 0 aromatic heterocycles. The second kappa shape index (κ2) is 6.36. The van der Waals surface area contributed by atoms with E-state index in [1.807, 2.05) is 7.05 Å². The van der Waals surface area contributed by atoms with E-state index in [0.717, 1.165) is 6.42 Å². The standard InChI is InChI=1S/C12H14ClFN2O.ClH/c1-15-9-4-5-16(7-9)12(17)10-3-2-8(13)6-11(10)14;/h2-3,6,9,15H,4-5,7H2,1H3;1H. The van der Waals surface area contributed by atoms with Gasteiger partial charge in [-0.05, 0) is 31.7 Å². The van der Waals surface area contributed by atoms with Crippen LogP contribution in [0.1, 0.15) is 16.8 Å². The Kier molecular flexibility index (Phi) is 5.38. The van der Waals surface area contributed by atoms with E-state index in [0.29, 0.717) is 24.2 Å². The largest absolute Gasteiger partial charge is 0.337 e. The van der Waals surface area contributed by atoms with Crippen LogP contribution in [-0.2, 0) is 0 Å². The van der Waals surface area contributed by atoms with Gasteiger partial charge in [-0.25, -0.2) is 4.39 Å². The number of likely N-dealkylation sites (tertiary alicyclic amines) is 1. The Morgan fingerprint density at radius 1 is 1.56 bits per heavy atom. The lowest BCUT2D eigenvalue weighted by molar-refractivity contribution is 0.0785. The van der Waals surface area contributed by atoms with Crippen molar-refractivity contribution in [2.75, 3.05) is 20.1 Å². The molecule has 1 aliphatic heterocycles. The summed E-state index contributed by atoms with van der Waals surface area (Å²) in [5.41, 5.74) is 0.0890. The number of amides is 1. The lowest BCUT2D eigenvalue weighted by atomic mass is 10.2. The fourth-order valence-corrected chi connectivity index (χ4v) is 2.17. The predicted octanol–water partition coefficient (Wildman–Crippen LogP) is 2.33. The van der Waals surface area contributed by atoms with Gasteiger partial charge in [-0.15, -0.1) is 12.4 Å². The van der Waals surface area contributed by atoms with Crippen LogP contribution in [0.4, 0.5) is 4.39 Å². The van der Waals surface area contributed by atoms with Crippen LogP contribution in [0.5, 0.6) is 0 Å². The molecule has 1 N–H and O–H groups in total. The minimum atomic E-state index is -0.560. The van der Waals surface area contributed by atoms with Gasteiger partial charge in [0.25, 0.3) is 5.91 Å². The zero-order valence-electron chi connectivity index (χ0n) is 9.95. The number of carbonyl (C=O) groups excluding carboxylic acids is 1. The van der Waals surface area contributed by atoms with Crippen LogP contribution >= 0.6 is 24.0 Å². The second-order valence-corrected chi connectivity index (χ2v) is 4.59. The third-order valence-electron chi connectivity index (χ3n) is 3.05. The van der Waals surface area contributed by atoms with Crippen molar-refractivity contribution in [1.82, 2.24) is 10.2 Å². The summed E-state index contributed by atoms with van der Waals surface area (Å²) >= 11 is 5.65. The fraction of sp³-hybridized carbons (Fsp3) is 0.417. The number of hydrogen-bond donors (Lipinski definition) is 1. The number of rotatable bonds is 2. The predicted molar refractivity (Wildman–Crippen MR) is 72.0 cm³/mol. The molecule has 6 heteroatoms. The van der Waals surface area contributed by atoms with Crippen molar-refractivity contribution in [2.24, 2.45) is 0 Å². The molecule has 1 aliphatic rings. The van der Waals surface area contributed by atoms with E-state index in [9.17, 15) is 9.18 Å². The summed E-state index contributed by atoms with van der Waals surface area (Å²) in [7, 11) is 1.86. The van der Waals surface area contributed by atoms with Gasteiger partial charge in [0.2, 0.25) is 0 Å². The molecule has 0 saturated carbocycles. The van der Waals surface area contributed by atoms with Crippen LogP contribution in [0.15, 0.2) is 18.2 Å². The number of likely N-dealkylation sites (N-methyl/N-ethyl adjacent to an activating group) is 1. The molecule has 1 aromatic carbocycles. The maximum atomic E-state index is 13.6. The van der Waals surface area contributed by atoms with Crippen molar-refractivity contribution in [3.05, 3.63) is 34.6 Å². The van der Waals surface area contributed by atoms with Gasteiger partial charge in [0, 0.05) is 24.2 Å². The normalized spacial score (nSPS) is 18.6. The molecule has 18 heavy (non-hydrogen) atoms. The van der Waals surface area contributed by atoms with E-state index in [1.165, 1.54) is 18.2 Å². The average molecular weight is 293 g/mol. The summed E-state index contributed by atoms with van der Waals surface area (Å²) in [6.07, 6.45) is 0.900. The van der Waals surface area contributed by atoms with Crippen LogP contribution in [0, 0.1) is 5.82 Å². The molecular weight excluding hydrogens is 278 g/mol. The molecule has 0 bridgehead atoms. The van der Waals surface area contributed by atoms with E-state index in [1.54, 1.807) is 4.90 Å². The van der Waals surface area contributed by atoms with E-state index in [4.69, 9.17) is 11.6 Å². The zero-order chi connectivity index (χ0) is 12.4. The van der Waals surface area contributed by atoms with E-state index in [-0.39, 0.29) is 23.9 Å². The van der Waals surface area contributed by atoms with Crippen molar-refractivity contribution in [2.45, 2.75) is 12.5 Å². The highest BCUT2D eigenvalue weighted by molar-refractivity contribution is 6.30. The van der Waals surface area contributed by atoms with E-state index in [2.05, 4.69) is 5.32 Å². The lowest BCUT2D eigenvalue weighted by Crippen LogP contribution is -2.33. The average Bonchev–Trinajstić information content (AvgIpc) is 2.76. The number of carbonyl (C=O) groups is 1. The number of nitrogens with zero attached hydrogens (tertiary/aromatic N) is 1. The Bertz CT molecular complexity index is 442. The zero-order valence-corrected chi connectivity index (χ0v) is 11.5. The monoisotopic (exact) mass is 292 g/mol. The highest BCUT2D eigenvalue weighted by Gasteiger charge is 2.27. The minimum absolute atomic E-state index is 0. The molecule has 1 aromatic rings. The molecule has 0 aliphatic carbocycles. The first-order chi connectivity index (χ1) is 8.11. The van der Waals surface area contributed by atoms with Crippen LogP contribution < -0.4 is 5.32 Å². The Morgan fingerprint density at radius 2 is 2.28 bits per heavy atom. The summed E-state index contributed by atoms with van der Waals surface area (Å²) in [5.74, 6) is -0.827. The Hall–Kier alpha value is -0.840. The van der Waals surface area contributed by atoms with Crippen LogP contribution in [0.2, 0.25) is 5.02 Å². The third kappa shape index (κ3) is 3.13. The molecule has 2 rings (SSSR count). The number of benzene rings is 1. The minimum Gasteiger partial charge on any atom is -0.337 e. The molecule has 0 spiro atoms. The summed E-state index contributed by atoms with van der Waals surface area (Å²) in [6, 6.07) is 4.44. The molecule has 1 saturated heterocycles. The Balaban J connectivity index is 0.00000162. The highest BCUT2D eigenvalue weighted by Crippen LogP contribution is 2.18. The first-order valence-electron chi connectivity index (χ1n) is 5.53. The van der Waals surface area contributed by atoms with Crippen LogP contribution in [0.3, 0.4) is 0 Å². The van der Waals surface area contributed by atoms with Crippen molar-refractivity contribution in [3.63, 3.8) is 0 Å². The van der Waals surface area contributed by atoms with Gasteiger partial charge in [-0.2, -0.15) is 0 Å². The lowest BCUT2D eigenvalue weighted by Gasteiger charge is -2.16. The molecular formula is C12H15Cl2FN2O. The first-order valence-corrected chi connectivity index (χ1v) is 5.91. The van der Waals surface area contributed by atoms with Gasteiger partial charge in [-0.1, -0.05) is 11.6 Å². The Labute approximate surface area is 117 Å². The molecule has 1 unspecified atom stereocenters. The number of hydrogen-bond acceptors (Lipinski definition) is 2. The summed E-state index contributed by atoms with van der Waals surface area (Å²) in [4.78, 5) is 13.7. The van der Waals surface area contributed by atoms with Gasteiger partial charge < -0.3 is 10.2 Å². The van der Waals surface area contributed by atoms with E-state index < -0.39 is 5.82 Å². The van der Waals surface area contributed by atoms with Gasteiger partial charge >= 0.3 is 0 Å². The van der Waals surface area contributed by atoms with Crippen molar-refractivity contribution in [3.8, 4) is 0 Å². The summed E-state index contributed by atoms with van der Waals surface area (Å²) < 4.78 is 13.6. The van der Waals surface area contributed by atoms with Crippen LogP contribution in [0.25, 0.3) is 0 Å². The molecule has 0 radical (unpaired) electrons. The van der Waals surface area contributed by atoms with Gasteiger partial charge in [0.1, 0.15) is 5.82 Å². The molecule has 1 fully saturated rings. The maximum absolute atomic E-state index is 13.6. The van der Waals surface area contributed by atoms with Gasteiger partial charge in [-0.3, -0.25) is 4.79 Å². The quantitative estimate of drug-likeness (QED) is 0.907. The molecule has 1 heterocycles. The maximum Gasteiger partial charge on any atom is 0.256 e. The molecule has 100 valence electrons. The summed E-state index contributed by atoms with van der Waals surface area (Å²) in [6.45, 7) is 1.28. The fourth-order valence-electron chi connectivity index (χ4n) is 2.01. The van der Waals surface area contributed by atoms with E-state index >= 15 is 0 Å². The van der Waals surface area contributed by atoms with Crippen molar-refractivity contribution >= 4 is 29.9 Å². The number of halogens is 3. The van der Waals surface area contributed by atoms with Crippen molar-refractivity contribution in [1.29, 1.82) is 0 Å². The van der Waals surface area contributed by atoms with Crippen LogP contribution in [-0.4, -0.2) is 37.0 Å².